The molecule has 0 aliphatic heterocycles. The first-order chi connectivity index (χ1) is 13.1. The van der Waals surface area contributed by atoms with E-state index in [2.05, 4.69) is 15.3 Å². The summed E-state index contributed by atoms with van der Waals surface area (Å²) in [6, 6.07) is 9.26. The van der Waals surface area contributed by atoms with Crippen LogP contribution in [0.5, 0.6) is 0 Å². The van der Waals surface area contributed by atoms with Crippen molar-refractivity contribution in [2.75, 3.05) is 11.6 Å². The minimum Gasteiger partial charge on any atom is -0.349 e. The van der Waals surface area contributed by atoms with Crippen molar-refractivity contribution in [3.05, 3.63) is 57.9 Å². The van der Waals surface area contributed by atoms with Crippen molar-refractivity contribution >= 4 is 27.1 Å². The summed E-state index contributed by atoms with van der Waals surface area (Å²) in [5, 5.41) is 4.69. The molecule has 2 heterocycles. The maximum absolute atomic E-state index is 13.5. The predicted octanol–water partition coefficient (Wildman–Crippen LogP) is 4.55. The summed E-state index contributed by atoms with van der Waals surface area (Å²) in [6.07, 6.45) is -3.58. The number of nitrogens with one attached hydrogen (secondary N) is 1. The molecule has 0 radical (unpaired) electrons. The Hall–Kier alpha value is -2.46. The second kappa shape index (κ2) is 7.51. The van der Waals surface area contributed by atoms with Crippen molar-refractivity contribution in [2.24, 2.45) is 0 Å². The highest BCUT2D eigenvalue weighted by atomic mass is 32.2. The first kappa shape index (κ1) is 20.3. The van der Waals surface area contributed by atoms with Crippen LogP contribution in [0, 0.1) is 6.92 Å². The van der Waals surface area contributed by atoms with Crippen LogP contribution >= 0.6 is 11.3 Å². The largest absolute Gasteiger partial charge is 0.433 e. The molecule has 148 valence electrons. The van der Waals surface area contributed by atoms with Gasteiger partial charge in [-0.05, 0) is 30.5 Å². The van der Waals surface area contributed by atoms with Crippen LogP contribution in [0.3, 0.4) is 0 Å². The zero-order valence-electron chi connectivity index (χ0n) is 14.9. The number of rotatable bonds is 5. The summed E-state index contributed by atoms with van der Waals surface area (Å²) in [6.45, 7) is 1.59. The maximum atomic E-state index is 13.5. The summed E-state index contributed by atoms with van der Waals surface area (Å²) in [4.78, 5) is 8.89. The fraction of sp³-hybridized carbons (Fsp3) is 0.222. The Balaban J connectivity index is 2.04. The number of nitrogens with zero attached hydrogens (tertiary/aromatic N) is 2. The van der Waals surface area contributed by atoms with E-state index in [1.54, 1.807) is 0 Å². The number of aromatic nitrogens is 2. The maximum Gasteiger partial charge on any atom is 0.433 e. The molecule has 0 amide bonds. The summed E-state index contributed by atoms with van der Waals surface area (Å²) >= 11 is 1.46. The van der Waals surface area contributed by atoms with E-state index >= 15 is 0 Å². The molecule has 28 heavy (non-hydrogen) atoms. The van der Waals surface area contributed by atoms with E-state index in [1.807, 2.05) is 17.5 Å². The Bertz CT molecular complexity index is 1080. The normalized spacial score (nSPS) is 12.2. The average molecular weight is 427 g/mol. The molecule has 0 spiro atoms. The zero-order valence-corrected chi connectivity index (χ0v) is 16.5. The van der Waals surface area contributed by atoms with Crippen LogP contribution in [0.2, 0.25) is 0 Å². The van der Waals surface area contributed by atoms with Gasteiger partial charge >= 0.3 is 6.18 Å². The summed E-state index contributed by atoms with van der Waals surface area (Å²) < 4.78 is 63.6. The van der Waals surface area contributed by atoms with Gasteiger partial charge in [-0.1, -0.05) is 18.2 Å². The molecule has 10 heteroatoms. The molecule has 0 aliphatic rings. The molecule has 5 nitrogen and oxygen atoms in total. The summed E-state index contributed by atoms with van der Waals surface area (Å²) in [5.41, 5.74) is -0.687. The van der Waals surface area contributed by atoms with Crippen LogP contribution in [-0.2, 0) is 22.6 Å². The number of anilines is 1. The van der Waals surface area contributed by atoms with Crippen molar-refractivity contribution in [1.82, 2.24) is 9.97 Å². The second-order valence-electron chi connectivity index (χ2n) is 6.10. The third-order valence-corrected chi connectivity index (χ3v) is 5.98. The van der Waals surface area contributed by atoms with Crippen LogP contribution in [0.4, 0.5) is 19.1 Å². The Morgan fingerprint density at radius 3 is 2.32 bits per heavy atom. The highest BCUT2D eigenvalue weighted by Crippen LogP contribution is 2.35. The fourth-order valence-electron chi connectivity index (χ4n) is 2.59. The van der Waals surface area contributed by atoms with E-state index in [9.17, 15) is 21.6 Å². The van der Waals surface area contributed by atoms with Gasteiger partial charge in [-0.2, -0.15) is 13.2 Å². The number of benzene rings is 1. The number of hydrogen-bond donors (Lipinski definition) is 1. The van der Waals surface area contributed by atoms with Gasteiger partial charge in [-0.15, -0.1) is 11.3 Å². The molecule has 0 atom stereocenters. The minimum absolute atomic E-state index is 0.0787. The van der Waals surface area contributed by atoms with Crippen LogP contribution in [0.25, 0.3) is 11.3 Å². The third-order valence-electron chi connectivity index (χ3n) is 3.97. The molecule has 3 rings (SSSR count). The van der Waals surface area contributed by atoms with Crippen molar-refractivity contribution in [1.29, 1.82) is 0 Å². The first-order valence-electron chi connectivity index (χ1n) is 8.08. The first-order valence-corrected chi connectivity index (χ1v) is 10.9. The second-order valence-corrected chi connectivity index (χ2v) is 9.14. The molecular formula is C18H16F3N3O2S2. The zero-order chi connectivity index (χ0) is 20.5. The Kier molecular flexibility index (Phi) is 5.44. The Labute approximate surface area is 164 Å². The fourth-order valence-corrected chi connectivity index (χ4v) is 3.87. The third kappa shape index (κ3) is 4.50. The van der Waals surface area contributed by atoms with Crippen molar-refractivity contribution < 1.29 is 21.6 Å². The van der Waals surface area contributed by atoms with Gasteiger partial charge in [0.05, 0.1) is 17.1 Å². The van der Waals surface area contributed by atoms with Gasteiger partial charge in [0.15, 0.2) is 15.5 Å². The minimum atomic E-state index is -4.65. The topological polar surface area (TPSA) is 72.0 Å². The van der Waals surface area contributed by atoms with E-state index in [0.717, 1.165) is 11.1 Å². The molecule has 0 bridgehead atoms. The molecule has 0 saturated heterocycles. The molecule has 1 N–H and O–H groups in total. The van der Waals surface area contributed by atoms with Gasteiger partial charge in [0.1, 0.15) is 0 Å². The van der Waals surface area contributed by atoms with E-state index in [0.29, 0.717) is 12.1 Å². The van der Waals surface area contributed by atoms with Crippen molar-refractivity contribution in [2.45, 2.75) is 24.5 Å². The van der Waals surface area contributed by atoms with E-state index < -0.39 is 21.7 Å². The van der Waals surface area contributed by atoms with Crippen LogP contribution in [0.1, 0.15) is 16.1 Å². The van der Waals surface area contributed by atoms with E-state index in [4.69, 9.17) is 0 Å². The Morgan fingerprint density at radius 1 is 1.11 bits per heavy atom. The highest BCUT2D eigenvalue weighted by molar-refractivity contribution is 7.90. The predicted molar refractivity (Wildman–Crippen MR) is 102 cm³/mol. The van der Waals surface area contributed by atoms with Crippen molar-refractivity contribution in [3.8, 4) is 11.3 Å². The van der Waals surface area contributed by atoms with Gasteiger partial charge in [0.2, 0.25) is 5.95 Å². The van der Waals surface area contributed by atoms with Crippen LogP contribution in [0.15, 0.2) is 46.7 Å². The standard InChI is InChI=1S/C18H16F3N3O2S2/c1-11-15(12-5-7-14(8-6-12)28(2,25)26)23-17(24-16(11)18(19,20)21)22-10-13-4-3-9-27-13/h3-9H,10H2,1-2H3,(H,22,23,24). The van der Waals surface area contributed by atoms with Gasteiger partial charge in [-0.25, -0.2) is 18.4 Å². The van der Waals surface area contributed by atoms with Crippen molar-refractivity contribution in [3.63, 3.8) is 0 Å². The van der Waals surface area contributed by atoms with Gasteiger partial charge in [0, 0.05) is 22.3 Å². The lowest BCUT2D eigenvalue weighted by Gasteiger charge is -2.15. The molecule has 3 aromatic rings. The molecule has 1 aromatic carbocycles. The lowest BCUT2D eigenvalue weighted by molar-refractivity contribution is -0.141. The molecule has 0 aliphatic carbocycles. The van der Waals surface area contributed by atoms with Gasteiger partial charge in [-0.3, -0.25) is 0 Å². The van der Waals surface area contributed by atoms with E-state index in [-0.39, 0.29) is 22.1 Å². The number of sulfone groups is 1. The number of thiophene rings is 1. The highest BCUT2D eigenvalue weighted by Gasteiger charge is 2.36. The van der Waals surface area contributed by atoms with Crippen LogP contribution < -0.4 is 5.32 Å². The molecule has 0 unspecified atom stereocenters. The quantitative estimate of drug-likeness (QED) is 0.647. The SMILES string of the molecule is Cc1c(-c2ccc(S(C)(=O)=O)cc2)nc(NCc2cccs2)nc1C(F)(F)F. The number of halogens is 3. The van der Waals surface area contributed by atoms with Gasteiger partial charge < -0.3 is 5.32 Å². The monoisotopic (exact) mass is 427 g/mol. The molecule has 0 fully saturated rings. The molecular weight excluding hydrogens is 411 g/mol. The summed E-state index contributed by atoms with van der Waals surface area (Å²) in [5.74, 6) is -0.145. The van der Waals surface area contributed by atoms with Crippen LogP contribution in [-0.4, -0.2) is 24.6 Å². The summed E-state index contributed by atoms with van der Waals surface area (Å²) in [7, 11) is -3.41. The lowest BCUT2D eigenvalue weighted by Crippen LogP contribution is -2.15. The molecule has 2 aromatic heterocycles. The average Bonchev–Trinajstić information content (AvgIpc) is 3.13. The number of hydrogen-bond acceptors (Lipinski definition) is 6. The lowest BCUT2D eigenvalue weighted by atomic mass is 10.1. The Morgan fingerprint density at radius 2 is 1.79 bits per heavy atom. The van der Waals surface area contributed by atoms with Gasteiger partial charge in [0.25, 0.3) is 0 Å². The van der Waals surface area contributed by atoms with E-state index in [1.165, 1.54) is 42.5 Å². The smallest absolute Gasteiger partial charge is 0.349 e. The number of alkyl halides is 3. The molecule has 0 saturated carbocycles.